The monoisotopic (exact) mass is 333 g/mol. The van der Waals surface area contributed by atoms with Crippen molar-refractivity contribution in [1.29, 1.82) is 0 Å². The van der Waals surface area contributed by atoms with Crippen molar-refractivity contribution in [3.8, 4) is 0 Å². The fourth-order valence-electron chi connectivity index (χ4n) is 3.38. The minimum atomic E-state index is 0.183. The van der Waals surface area contributed by atoms with Crippen molar-refractivity contribution in [1.82, 2.24) is 24.5 Å². The number of piperidine rings is 1. The number of aryl methyl sites for hydroxylation is 2. The molecule has 1 saturated heterocycles. The molecule has 0 unspecified atom stereocenters. The largest absolute Gasteiger partial charge is 0.341 e. The molecule has 23 heavy (non-hydrogen) atoms. The maximum atomic E-state index is 12.5. The molecule has 0 aliphatic carbocycles. The third-order valence-corrected chi connectivity index (χ3v) is 5.12. The van der Waals surface area contributed by atoms with Crippen LogP contribution in [0.15, 0.2) is 11.2 Å². The van der Waals surface area contributed by atoms with Gasteiger partial charge >= 0.3 is 0 Å². The van der Waals surface area contributed by atoms with E-state index in [1.165, 1.54) is 18.2 Å². The summed E-state index contributed by atoms with van der Waals surface area (Å²) in [6.07, 6.45) is 1.20. The van der Waals surface area contributed by atoms with Crippen molar-refractivity contribution in [2.24, 2.45) is 11.8 Å². The summed E-state index contributed by atoms with van der Waals surface area (Å²) in [5.41, 5.74) is 1.96. The molecule has 2 aromatic heterocycles. The second-order valence-corrected chi connectivity index (χ2v) is 7.63. The van der Waals surface area contributed by atoms with Crippen LogP contribution < -0.4 is 0 Å². The summed E-state index contributed by atoms with van der Waals surface area (Å²) in [5.74, 6) is 2.33. The highest BCUT2D eigenvalue weighted by molar-refractivity contribution is 7.99. The van der Waals surface area contributed by atoms with Crippen LogP contribution in [0, 0.1) is 25.7 Å². The summed E-state index contributed by atoms with van der Waals surface area (Å²) in [4.78, 5) is 18.9. The van der Waals surface area contributed by atoms with E-state index in [2.05, 4.69) is 29.0 Å². The lowest BCUT2D eigenvalue weighted by atomic mass is 9.92. The lowest BCUT2D eigenvalue weighted by Crippen LogP contribution is -2.43. The summed E-state index contributed by atoms with van der Waals surface area (Å²) >= 11 is 1.44. The van der Waals surface area contributed by atoms with Crippen LogP contribution >= 0.6 is 11.8 Å². The molecule has 0 N–H and O–H groups in total. The van der Waals surface area contributed by atoms with Gasteiger partial charge in [-0.1, -0.05) is 25.6 Å². The highest BCUT2D eigenvalue weighted by atomic mass is 32.2. The van der Waals surface area contributed by atoms with E-state index < -0.39 is 0 Å². The second kappa shape index (κ2) is 6.47. The van der Waals surface area contributed by atoms with Gasteiger partial charge in [-0.15, -0.1) is 10.2 Å². The van der Waals surface area contributed by atoms with Gasteiger partial charge in [0.2, 0.25) is 5.91 Å². The molecule has 3 heterocycles. The van der Waals surface area contributed by atoms with E-state index in [0.717, 1.165) is 29.6 Å². The molecule has 0 spiro atoms. The topological polar surface area (TPSA) is 63.4 Å². The molecule has 0 saturated carbocycles. The Morgan fingerprint density at radius 3 is 2.65 bits per heavy atom. The highest BCUT2D eigenvalue weighted by Crippen LogP contribution is 2.23. The molecule has 1 aliphatic heterocycles. The molecule has 1 aliphatic rings. The zero-order valence-electron chi connectivity index (χ0n) is 14.1. The van der Waals surface area contributed by atoms with Gasteiger partial charge in [0.15, 0.2) is 5.16 Å². The highest BCUT2D eigenvalue weighted by Gasteiger charge is 2.25. The van der Waals surface area contributed by atoms with Crippen molar-refractivity contribution in [2.75, 3.05) is 18.8 Å². The van der Waals surface area contributed by atoms with Gasteiger partial charge in [0.05, 0.1) is 5.75 Å². The number of hydrogen-bond donors (Lipinski definition) is 0. The Balaban J connectivity index is 1.70. The standard InChI is InChI=1S/C16H23N5OS/c1-10-5-11(2)8-20(7-10)14(22)9-23-16-19-18-15-17-12(3)6-13(4)21(15)16/h6,10-11H,5,7-9H2,1-4H3/t10-,11-/m1/s1. The van der Waals surface area contributed by atoms with E-state index in [-0.39, 0.29) is 5.91 Å². The lowest BCUT2D eigenvalue weighted by Gasteiger charge is -2.34. The molecule has 6 nitrogen and oxygen atoms in total. The quantitative estimate of drug-likeness (QED) is 0.807. The van der Waals surface area contributed by atoms with Crippen molar-refractivity contribution in [3.05, 3.63) is 17.5 Å². The molecule has 124 valence electrons. The first-order valence-corrected chi connectivity index (χ1v) is 9.02. The predicted octanol–water partition coefficient (Wildman–Crippen LogP) is 2.34. The maximum absolute atomic E-state index is 12.5. The maximum Gasteiger partial charge on any atom is 0.256 e. The van der Waals surface area contributed by atoms with Gasteiger partial charge in [-0.2, -0.15) is 0 Å². The van der Waals surface area contributed by atoms with E-state index in [0.29, 0.717) is 23.4 Å². The first-order valence-electron chi connectivity index (χ1n) is 8.04. The molecule has 2 atom stereocenters. The van der Waals surface area contributed by atoms with Gasteiger partial charge in [-0.05, 0) is 38.2 Å². The first kappa shape index (κ1) is 16.2. The first-order chi connectivity index (χ1) is 10.9. The second-order valence-electron chi connectivity index (χ2n) is 6.69. The molecule has 0 aromatic carbocycles. The summed E-state index contributed by atoms with van der Waals surface area (Å²) in [6, 6.07) is 2.00. The third-order valence-electron chi connectivity index (χ3n) is 4.21. The summed E-state index contributed by atoms with van der Waals surface area (Å²) in [6.45, 7) is 10.1. The number of thioether (sulfide) groups is 1. The van der Waals surface area contributed by atoms with Crippen molar-refractivity contribution >= 4 is 23.4 Å². The number of carbonyl (C=O) groups excluding carboxylic acids is 1. The zero-order chi connectivity index (χ0) is 16.6. The number of fused-ring (bicyclic) bond motifs is 1. The van der Waals surface area contributed by atoms with Crippen molar-refractivity contribution < 1.29 is 4.79 Å². The van der Waals surface area contributed by atoms with Crippen molar-refractivity contribution in [3.63, 3.8) is 0 Å². The van der Waals surface area contributed by atoms with Gasteiger partial charge < -0.3 is 4.90 Å². The number of likely N-dealkylation sites (tertiary alicyclic amines) is 1. The van der Waals surface area contributed by atoms with Crippen LogP contribution in [0.25, 0.3) is 5.78 Å². The minimum absolute atomic E-state index is 0.183. The van der Waals surface area contributed by atoms with Crippen LogP contribution in [-0.4, -0.2) is 49.2 Å². The van der Waals surface area contributed by atoms with Gasteiger partial charge in [-0.3, -0.25) is 9.20 Å². The summed E-state index contributed by atoms with van der Waals surface area (Å²) in [7, 11) is 0. The Morgan fingerprint density at radius 2 is 1.96 bits per heavy atom. The summed E-state index contributed by atoms with van der Waals surface area (Å²) in [5, 5.41) is 9.03. The normalized spacial score (nSPS) is 21.8. The summed E-state index contributed by atoms with van der Waals surface area (Å²) < 4.78 is 1.91. The number of hydrogen-bond acceptors (Lipinski definition) is 5. The molecule has 1 fully saturated rings. The van der Waals surface area contributed by atoms with E-state index in [9.17, 15) is 4.79 Å². The van der Waals surface area contributed by atoms with Crippen LogP contribution in [0.5, 0.6) is 0 Å². The zero-order valence-corrected chi connectivity index (χ0v) is 14.9. The number of nitrogens with zero attached hydrogens (tertiary/aromatic N) is 5. The van der Waals surface area contributed by atoms with Gasteiger partial charge in [0, 0.05) is 24.5 Å². The third kappa shape index (κ3) is 3.49. The average Bonchev–Trinajstić information content (AvgIpc) is 2.86. The van der Waals surface area contributed by atoms with Crippen LogP contribution in [0.1, 0.15) is 31.7 Å². The van der Waals surface area contributed by atoms with Gasteiger partial charge in [0.1, 0.15) is 0 Å². The van der Waals surface area contributed by atoms with Crippen LogP contribution in [0.3, 0.4) is 0 Å². The van der Waals surface area contributed by atoms with E-state index in [1.807, 2.05) is 29.2 Å². The Hall–Kier alpha value is -1.63. The average molecular weight is 333 g/mol. The molecule has 7 heteroatoms. The Morgan fingerprint density at radius 1 is 1.26 bits per heavy atom. The number of rotatable bonds is 3. The van der Waals surface area contributed by atoms with Crippen LogP contribution in [0.4, 0.5) is 0 Å². The van der Waals surface area contributed by atoms with Crippen LogP contribution in [-0.2, 0) is 4.79 Å². The van der Waals surface area contributed by atoms with E-state index >= 15 is 0 Å². The minimum Gasteiger partial charge on any atom is -0.341 e. The number of carbonyl (C=O) groups is 1. The molecular weight excluding hydrogens is 310 g/mol. The SMILES string of the molecule is Cc1cc(C)n2c(SCC(=O)N3C[C@H](C)C[C@@H](C)C3)nnc2n1. The molecule has 2 aromatic rings. The fraction of sp³-hybridized carbons (Fsp3) is 0.625. The number of amides is 1. The fourth-order valence-corrected chi connectivity index (χ4v) is 4.27. The lowest BCUT2D eigenvalue weighted by molar-refractivity contribution is -0.130. The molecular formula is C16H23N5OS. The smallest absolute Gasteiger partial charge is 0.256 e. The Bertz CT molecular complexity index is 719. The van der Waals surface area contributed by atoms with Crippen LogP contribution in [0.2, 0.25) is 0 Å². The molecule has 3 rings (SSSR count). The molecule has 1 amide bonds. The molecule has 0 radical (unpaired) electrons. The number of aromatic nitrogens is 4. The van der Waals surface area contributed by atoms with E-state index in [4.69, 9.17) is 0 Å². The van der Waals surface area contributed by atoms with Gasteiger partial charge in [-0.25, -0.2) is 4.98 Å². The van der Waals surface area contributed by atoms with Crippen molar-refractivity contribution in [2.45, 2.75) is 39.3 Å². The van der Waals surface area contributed by atoms with Gasteiger partial charge in [0.25, 0.3) is 5.78 Å². The van der Waals surface area contributed by atoms with E-state index in [1.54, 1.807) is 0 Å². The Kier molecular flexibility index (Phi) is 4.57. The predicted molar refractivity (Wildman–Crippen MR) is 90.5 cm³/mol. The molecule has 0 bridgehead atoms. The Labute approximate surface area is 140 Å².